The summed E-state index contributed by atoms with van der Waals surface area (Å²) in [6.45, 7) is 1.79. The molecule has 0 saturated heterocycles. The Labute approximate surface area is 104 Å². The van der Waals surface area contributed by atoms with Crippen LogP contribution < -0.4 is 5.32 Å². The molecule has 1 atom stereocenters. The lowest BCUT2D eigenvalue weighted by Crippen LogP contribution is -2.40. The summed E-state index contributed by atoms with van der Waals surface area (Å²) in [5, 5.41) is 30.1. The zero-order valence-corrected chi connectivity index (χ0v) is 9.88. The molecule has 1 rings (SSSR count). The van der Waals surface area contributed by atoms with Crippen molar-refractivity contribution in [3.63, 3.8) is 0 Å². The second kappa shape index (κ2) is 5.90. The molecule has 4 N–H and O–H groups in total. The molecule has 0 aliphatic rings. The van der Waals surface area contributed by atoms with E-state index in [4.69, 9.17) is 5.11 Å². The van der Waals surface area contributed by atoms with Gasteiger partial charge in [0.15, 0.2) is 0 Å². The Morgan fingerprint density at radius 1 is 1.28 bits per heavy atom. The van der Waals surface area contributed by atoms with Crippen LogP contribution in [0.1, 0.15) is 30.1 Å². The average Bonchev–Trinajstić information content (AvgIpc) is 2.28. The van der Waals surface area contributed by atoms with Gasteiger partial charge in [0.05, 0.1) is 0 Å². The second-order valence-electron chi connectivity index (χ2n) is 3.82. The number of aromatic hydroxyl groups is 2. The van der Waals surface area contributed by atoms with Crippen molar-refractivity contribution >= 4 is 11.9 Å². The van der Waals surface area contributed by atoms with Gasteiger partial charge in [-0.15, -0.1) is 0 Å². The van der Waals surface area contributed by atoms with Crippen LogP contribution in [0.5, 0.6) is 11.5 Å². The van der Waals surface area contributed by atoms with Gasteiger partial charge in [0.25, 0.3) is 5.91 Å². The third-order valence-electron chi connectivity index (χ3n) is 2.43. The Morgan fingerprint density at radius 2 is 1.83 bits per heavy atom. The van der Waals surface area contributed by atoms with Crippen molar-refractivity contribution in [2.45, 2.75) is 25.8 Å². The van der Waals surface area contributed by atoms with Crippen molar-refractivity contribution in [3.8, 4) is 11.5 Å². The minimum absolute atomic E-state index is 0.273. The maximum atomic E-state index is 11.8. The van der Waals surface area contributed by atoms with E-state index in [9.17, 15) is 19.8 Å². The number of carbonyl (C=O) groups excluding carboxylic acids is 1. The van der Waals surface area contributed by atoms with Crippen molar-refractivity contribution in [3.05, 3.63) is 23.8 Å². The van der Waals surface area contributed by atoms with Crippen molar-refractivity contribution in [1.29, 1.82) is 0 Å². The zero-order valence-electron chi connectivity index (χ0n) is 9.88. The maximum absolute atomic E-state index is 11.8. The van der Waals surface area contributed by atoms with Crippen molar-refractivity contribution < 1.29 is 24.9 Å². The zero-order chi connectivity index (χ0) is 13.7. The van der Waals surface area contributed by atoms with Crippen molar-refractivity contribution in [2.75, 3.05) is 0 Å². The SMILES string of the molecule is CCCC(NC(=O)c1c(O)cccc1O)C(=O)O. The number of rotatable bonds is 5. The molecule has 0 fully saturated rings. The number of nitrogens with one attached hydrogen (secondary N) is 1. The van der Waals surface area contributed by atoms with E-state index in [1.807, 2.05) is 0 Å². The van der Waals surface area contributed by atoms with Crippen LogP contribution in [0.2, 0.25) is 0 Å². The number of amides is 1. The van der Waals surface area contributed by atoms with E-state index in [-0.39, 0.29) is 12.0 Å². The number of aliphatic carboxylic acids is 1. The molecule has 18 heavy (non-hydrogen) atoms. The van der Waals surface area contributed by atoms with Gasteiger partial charge in [-0.1, -0.05) is 19.4 Å². The summed E-state index contributed by atoms with van der Waals surface area (Å²) in [6, 6.07) is 2.82. The average molecular weight is 253 g/mol. The summed E-state index contributed by atoms with van der Waals surface area (Å²) in [4.78, 5) is 22.7. The first-order chi connectivity index (χ1) is 8.47. The third-order valence-corrected chi connectivity index (χ3v) is 2.43. The van der Waals surface area contributed by atoms with Gasteiger partial charge in [0.2, 0.25) is 0 Å². The Balaban J connectivity index is 2.90. The molecule has 0 aromatic heterocycles. The van der Waals surface area contributed by atoms with Gasteiger partial charge in [-0.3, -0.25) is 4.79 Å². The van der Waals surface area contributed by atoms with E-state index >= 15 is 0 Å². The maximum Gasteiger partial charge on any atom is 0.326 e. The number of carboxylic acids is 1. The molecular formula is C12H15NO5. The van der Waals surface area contributed by atoms with Crippen LogP contribution in [0, 0.1) is 0 Å². The van der Waals surface area contributed by atoms with Crippen LogP contribution in [0.15, 0.2) is 18.2 Å². The number of phenols is 2. The summed E-state index contributed by atoms with van der Waals surface area (Å²) in [5.41, 5.74) is -0.320. The lowest BCUT2D eigenvalue weighted by Gasteiger charge is -2.14. The van der Waals surface area contributed by atoms with E-state index in [0.29, 0.717) is 6.42 Å². The monoisotopic (exact) mass is 253 g/mol. The van der Waals surface area contributed by atoms with Gasteiger partial charge in [-0.05, 0) is 18.6 Å². The molecule has 1 unspecified atom stereocenters. The van der Waals surface area contributed by atoms with Crippen molar-refractivity contribution in [2.24, 2.45) is 0 Å². The molecule has 6 nitrogen and oxygen atoms in total. The number of benzene rings is 1. The number of hydrogen-bond acceptors (Lipinski definition) is 4. The van der Waals surface area contributed by atoms with Gasteiger partial charge in [0, 0.05) is 0 Å². The fraction of sp³-hybridized carbons (Fsp3) is 0.333. The largest absolute Gasteiger partial charge is 0.507 e. The Hall–Kier alpha value is -2.24. The van der Waals surface area contributed by atoms with Gasteiger partial charge in [0.1, 0.15) is 23.1 Å². The smallest absolute Gasteiger partial charge is 0.326 e. The highest BCUT2D eigenvalue weighted by atomic mass is 16.4. The number of carboxylic acid groups (broad SMARTS) is 1. The lowest BCUT2D eigenvalue weighted by atomic mass is 10.1. The molecule has 1 amide bonds. The van der Waals surface area contributed by atoms with E-state index in [1.54, 1.807) is 6.92 Å². The number of carbonyl (C=O) groups is 2. The summed E-state index contributed by atoms with van der Waals surface area (Å²) < 4.78 is 0. The topological polar surface area (TPSA) is 107 Å². The summed E-state index contributed by atoms with van der Waals surface area (Å²) in [6.07, 6.45) is 0.861. The molecule has 98 valence electrons. The van der Waals surface area contributed by atoms with E-state index in [2.05, 4.69) is 5.32 Å². The fourth-order valence-electron chi connectivity index (χ4n) is 1.54. The van der Waals surface area contributed by atoms with Crippen LogP contribution in [0.25, 0.3) is 0 Å². The predicted molar refractivity (Wildman–Crippen MR) is 63.6 cm³/mol. The Bertz CT molecular complexity index is 438. The molecular weight excluding hydrogens is 238 g/mol. The summed E-state index contributed by atoms with van der Waals surface area (Å²) in [5.74, 6) is -2.76. The minimum Gasteiger partial charge on any atom is -0.507 e. The molecule has 0 saturated carbocycles. The standard InChI is InChI=1S/C12H15NO5/c1-2-4-7(12(17)18)13-11(16)10-8(14)5-3-6-9(10)15/h3,5-7,14-15H,2,4H2,1H3,(H,13,16)(H,17,18). The second-order valence-corrected chi connectivity index (χ2v) is 3.82. The molecule has 1 aromatic carbocycles. The van der Waals surface area contributed by atoms with Gasteiger partial charge in [-0.2, -0.15) is 0 Å². The Morgan fingerprint density at radius 3 is 2.28 bits per heavy atom. The highest BCUT2D eigenvalue weighted by Crippen LogP contribution is 2.26. The van der Waals surface area contributed by atoms with Crippen LogP contribution in [-0.4, -0.2) is 33.2 Å². The van der Waals surface area contributed by atoms with Crippen molar-refractivity contribution in [1.82, 2.24) is 5.32 Å². The van der Waals surface area contributed by atoms with E-state index in [1.165, 1.54) is 18.2 Å². The van der Waals surface area contributed by atoms with Crippen LogP contribution in [0.4, 0.5) is 0 Å². The number of phenolic OH excluding ortho intramolecular Hbond substituents is 2. The first-order valence-electron chi connectivity index (χ1n) is 5.52. The molecule has 0 spiro atoms. The third kappa shape index (κ3) is 3.13. The van der Waals surface area contributed by atoms with Gasteiger partial charge < -0.3 is 20.6 Å². The van der Waals surface area contributed by atoms with E-state index < -0.39 is 29.4 Å². The molecule has 0 aliphatic carbocycles. The highest BCUT2D eigenvalue weighted by Gasteiger charge is 2.23. The molecule has 1 aromatic rings. The molecule has 6 heteroatoms. The van der Waals surface area contributed by atoms with Gasteiger partial charge in [-0.25, -0.2) is 4.79 Å². The minimum atomic E-state index is -1.15. The fourth-order valence-corrected chi connectivity index (χ4v) is 1.54. The number of hydrogen-bond donors (Lipinski definition) is 4. The first-order valence-corrected chi connectivity index (χ1v) is 5.52. The molecule has 0 heterocycles. The predicted octanol–water partition coefficient (Wildman–Crippen LogP) is 1.08. The van der Waals surface area contributed by atoms with Crippen LogP contribution >= 0.6 is 0 Å². The Kier molecular flexibility index (Phi) is 4.53. The summed E-state index contributed by atoms with van der Waals surface area (Å²) >= 11 is 0. The van der Waals surface area contributed by atoms with Crippen LogP contribution in [-0.2, 0) is 4.79 Å². The quantitative estimate of drug-likeness (QED) is 0.628. The van der Waals surface area contributed by atoms with E-state index in [0.717, 1.165) is 0 Å². The summed E-state index contributed by atoms with van der Waals surface area (Å²) in [7, 11) is 0. The first kappa shape index (κ1) is 13.8. The molecule has 0 bridgehead atoms. The lowest BCUT2D eigenvalue weighted by molar-refractivity contribution is -0.139. The highest BCUT2D eigenvalue weighted by molar-refractivity contribution is 6.01. The normalized spacial score (nSPS) is 11.8. The molecule has 0 aliphatic heterocycles. The van der Waals surface area contributed by atoms with Gasteiger partial charge >= 0.3 is 5.97 Å². The van der Waals surface area contributed by atoms with Crippen LogP contribution in [0.3, 0.4) is 0 Å². The molecule has 0 radical (unpaired) electrons.